The topological polar surface area (TPSA) is 98.3 Å². The summed E-state index contributed by atoms with van der Waals surface area (Å²) in [6.45, 7) is 0. The summed E-state index contributed by atoms with van der Waals surface area (Å²) >= 11 is 1.55. The Labute approximate surface area is 125 Å². The number of carbonyl (C=O) groups excluding carboxylic acids is 1. The predicted molar refractivity (Wildman–Crippen MR) is 83.7 cm³/mol. The van der Waals surface area contributed by atoms with E-state index >= 15 is 0 Å². The Morgan fingerprint density at radius 2 is 2.00 bits per heavy atom. The summed E-state index contributed by atoms with van der Waals surface area (Å²) in [4.78, 5) is 23.4. The molecule has 0 bridgehead atoms. The average Bonchev–Trinajstić information content (AvgIpc) is 2.47. The second kappa shape index (κ2) is 6.27. The third-order valence-corrected chi connectivity index (χ3v) is 3.58. The maximum Gasteiger partial charge on any atom is 0.292 e. The minimum atomic E-state index is -0.611. The van der Waals surface area contributed by atoms with Crippen molar-refractivity contribution in [2.45, 2.75) is 4.90 Å². The highest BCUT2D eigenvalue weighted by Crippen LogP contribution is 2.26. The zero-order valence-electron chi connectivity index (χ0n) is 11.2. The Morgan fingerprint density at radius 3 is 2.67 bits per heavy atom. The number of hydrogen-bond donors (Lipinski definition) is 2. The lowest BCUT2D eigenvalue weighted by molar-refractivity contribution is -0.383. The maximum atomic E-state index is 12.2. The third-order valence-electron chi connectivity index (χ3n) is 2.85. The Hall–Kier alpha value is -2.54. The van der Waals surface area contributed by atoms with E-state index in [4.69, 9.17) is 5.73 Å². The number of benzene rings is 2. The van der Waals surface area contributed by atoms with Crippen LogP contribution < -0.4 is 11.1 Å². The summed E-state index contributed by atoms with van der Waals surface area (Å²) in [5.74, 6) is -0.477. The first-order valence-electron chi connectivity index (χ1n) is 6.01. The number of amides is 1. The van der Waals surface area contributed by atoms with Crippen LogP contribution in [0.1, 0.15) is 10.4 Å². The highest BCUT2D eigenvalue weighted by Gasteiger charge is 2.19. The molecule has 2 aromatic rings. The van der Waals surface area contributed by atoms with Crippen LogP contribution in [-0.4, -0.2) is 17.1 Å². The molecule has 0 unspecified atom stereocenters. The van der Waals surface area contributed by atoms with Crippen molar-refractivity contribution in [2.24, 2.45) is 0 Å². The number of nitro groups is 1. The number of anilines is 2. The van der Waals surface area contributed by atoms with Crippen molar-refractivity contribution in [3.05, 3.63) is 58.1 Å². The van der Waals surface area contributed by atoms with Crippen molar-refractivity contribution in [1.29, 1.82) is 0 Å². The van der Waals surface area contributed by atoms with Gasteiger partial charge in [-0.3, -0.25) is 14.9 Å². The lowest BCUT2D eigenvalue weighted by Gasteiger charge is -2.08. The summed E-state index contributed by atoms with van der Waals surface area (Å²) in [5, 5.41) is 13.5. The standard InChI is InChI=1S/C14H13N3O3S/c1-21-10-5-2-4-9(8-10)16-14(18)11-6-3-7-12(13(11)15)17(19)20/h2-8H,15H2,1H3,(H,16,18). The van der Waals surface area contributed by atoms with Crippen LogP contribution in [0.5, 0.6) is 0 Å². The third kappa shape index (κ3) is 3.32. The zero-order valence-corrected chi connectivity index (χ0v) is 12.0. The molecule has 2 rings (SSSR count). The van der Waals surface area contributed by atoms with Gasteiger partial charge in [-0.2, -0.15) is 0 Å². The number of thioether (sulfide) groups is 1. The van der Waals surface area contributed by atoms with Crippen LogP contribution in [0.4, 0.5) is 17.1 Å². The van der Waals surface area contributed by atoms with Gasteiger partial charge in [-0.1, -0.05) is 12.1 Å². The quantitative estimate of drug-likeness (QED) is 0.391. The first-order chi connectivity index (χ1) is 10.0. The second-order valence-corrected chi connectivity index (χ2v) is 5.06. The summed E-state index contributed by atoms with van der Waals surface area (Å²) in [5.41, 5.74) is 5.96. The first kappa shape index (κ1) is 14.9. The number of carbonyl (C=O) groups is 1. The van der Waals surface area contributed by atoms with Crippen molar-refractivity contribution < 1.29 is 9.72 Å². The molecule has 0 fully saturated rings. The molecule has 0 heterocycles. The van der Waals surface area contributed by atoms with Crippen LogP contribution >= 0.6 is 11.8 Å². The van der Waals surface area contributed by atoms with E-state index in [0.29, 0.717) is 5.69 Å². The van der Waals surface area contributed by atoms with E-state index in [0.717, 1.165) is 4.90 Å². The van der Waals surface area contributed by atoms with Crippen molar-refractivity contribution in [2.75, 3.05) is 17.3 Å². The highest BCUT2D eigenvalue weighted by atomic mass is 32.2. The number of nitrogen functional groups attached to an aromatic ring is 1. The maximum absolute atomic E-state index is 12.2. The van der Waals surface area contributed by atoms with Crippen LogP contribution in [0.3, 0.4) is 0 Å². The lowest BCUT2D eigenvalue weighted by atomic mass is 10.1. The Bertz CT molecular complexity index is 704. The number of nitro benzene ring substituents is 1. The largest absolute Gasteiger partial charge is 0.393 e. The minimum absolute atomic E-state index is 0.0822. The number of nitrogens with two attached hydrogens (primary N) is 1. The van der Waals surface area contributed by atoms with Crippen molar-refractivity contribution in [3.63, 3.8) is 0 Å². The van der Waals surface area contributed by atoms with Gasteiger partial charge in [0.1, 0.15) is 5.69 Å². The molecule has 0 saturated carbocycles. The predicted octanol–water partition coefficient (Wildman–Crippen LogP) is 3.15. The molecule has 0 aliphatic carbocycles. The molecule has 0 aliphatic heterocycles. The summed E-state index contributed by atoms with van der Waals surface area (Å²) in [7, 11) is 0. The smallest absolute Gasteiger partial charge is 0.292 e. The van der Waals surface area contributed by atoms with E-state index in [1.54, 1.807) is 17.8 Å². The van der Waals surface area contributed by atoms with Gasteiger partial charge in [0.15, 0.2) is 0 Å². The van der Waals surface area contributed by atoms with Gasteiger partial charge in [0.05, 0.1) is 10.5 Å². The molecule has 1 amide bonds. The van der Waals surface area contributed by atoms with E-state index in [2.05, 4.69) is 5.32 Å². The van der Waals surface area contributed by atoms with Gasteiger partial charge in [0.2, 0.25) is 0 Å². The molecule has 3 N–H and O–H groups in total. The minimum Gasteiger partial charge on any atom is -0.393 e. The average molecular weight is 303 g/mol. The van der Waals surface area contributed by atoms with Crippen molar-refractivity contribution >= 4 is 34.7 Å². The summed E-state index contributed by atoms with van der Waals surface area (Å²) < 4.78 is 0. The fourth-order valence-corrected chi connectivity index (χ4v) is 2.27. The number of hydrogen-bond acceptors (Lipinski definition) is 5. The molecule has 2 aromatic carbocycles. The summed E-state index contributed by atoms with van der Waals surface area (Å²) in [6.07, 6.45) is 1.93. The first-order valence-corrected chi connectivity index (χ1v) is 7.23. The molecule has 0 spiro atoms. The van der Waals surface area contributed by atoms with Crippen molar-refractivity contribution in [1.82, 2.24) is 0 Å². The molecule has 0 aromatic heterocycles. The second-order valence-electron chi connectivity index (χ2n) is 4.18. The van der Waals surface area contributed by atoms with Gasteiger partial charge >= 0.3 is 0 Å². The molecule has 0 atom stereocenters. The van der Waals surface area contributed by atoms with Gasteiger partial charge in [0.25, 0.3) is 11.6 Å². The van der Waals surface area contributed by atoms with E-state index in [1.165, 1.54) is 18.2 Å². The number of nitrogens with one attached hydrogen (secondary N) is 1. The fourth-order valence-electron chi connectivity index (χ4n) is 1.81. The van der Waals surface area contributed by atoms with Crippen LogP contribution in [0.15, 0.2) is 47.4 Å². The number of para-hydroxylation sites is 1. The van der Waals surface area contributed by atoms with Gasteiger partial charge in [0, 0.05) is 16.6 Å². The molecule has 108 valence electrons. The monoisotopic (exact) mass is 303 g/mol. The SMILES string of the molecule is CSc1cccc(NC(=O)c2cccc([N+](=O)[O-])c2N)c1. The highest BCUT2D eigenvalue weighted by molar-refractivity contribution is 7.98. The number of nitrogens with zero attached hydrogens (tertiary/aromatic N) is 1. The molecular formula is C14H13N3O3S. The fraction of sp³-hybridized carbons (Fsp3) is 0.0714. The molecule has 6 nitrogen and oxygen atoms in total. The van der Waals surface area contributed by atoms with E-state index < -0.39 is 10.8 Å². The zero-order chi connectivity index (χ0) is 15.4. The summed E-state index contributed by atoms with van der Waals surface area (Å²) in [6, 6.07) is 11.4. The molecule has 7 heteroatoms. The normalized spacial score (nSPS) is 10.1. The van der Waals surface area contributed by atoms with E-state index in [-0.39, 0.29) is 16.9 Å². The van der Waals surface area contributed by atoms with Gasteiger partial charge in [-0.25, -0.2) is 0 Å². The van der Waals surface area contributed by atoms with Gasteiger partial charge in [-0.05, 0) is 30.5 Å². The Morgan fingerprint density at radius 1 is 1.29 bits per heavy atom. The van der Waals surface area contributed by atoms with Crippen LogP contribution in [0.25, 0.3) is 0 Å². The molecule has 0 aliphatic rings. The molecular weight excluding hydrogens is 290 g/mol. The van der Waals surface area contributed by atoms with Crippen molar-refractivity contribution in [3.8, 4) is 0 Å². The van der Waals surface area contributed by atoms with E-state index in [1.807, 2.05) is 24.5 Å². The molecule has 0 saturated heterocycles. The van der Waals surface area contributed by atoms with Gasteiger partial charge < -0.3 is 11.1 Å². The van der Waals surface area contributed by atoms with Crippen LogP contribution in [-0.2, 0) is 0 Å². The van der Waals surface area contributed by atoms with Crippen LogP contribution in [0.2, 0.25) is 0 Å². The van der Waals surface area contributed by atoms with Crippen LogP contribution in [0, 0.1) is 10.1 Å². The Balaban J connectivity index is 2.28. The van der Waals surface area contributed by atoms with Gasteiger partial charge in [-0.15, -0.1) is 11.8 Å². The molecule has 0 radical (unpaired) electrons. The Kier molecular flexibility index (Phi) is 4.44. The molecule has 21 heavy (non-hydrogen) atoms. The van der Waals surface area contributed by atoms with E-state index in [9.17, 15) is 14.9 Å². The lowest BCUT2D eigenvalue weighted by Crippen LogP contribution is -2.14. The number of rotatable bonds is 4.